The molecule has 0 aliphatic heterocycles. The van der Waals surface area contributed by atoms with Gasteiger partial charge in [-0.05, 0) is 37.6 Å². The van der Waals surface area contributed by atoms with Crippen molar-refractivity contribution in [3.8, 4) is 22.8 Å². The normalized spacial score (nSPS) is 18.0. The van der Waals surface area contributed by atoms with Gasteiger partial charge in [-0.1, -0.05) is 0 Å². The number of methoxy groups -OCH3 is 1. The maximum Gasteiger partial charge on any atom is 0.224 e. The second-order valence-electron chi connectivity index (χ2n) is 7.15. The van der Waals surface area contributed by atoms with Gasteiger partial charge < -0.3 is 9.47 Å². The van der Waals surface area contributed by atoms with Gasteiger partial charge in [0.25, 0.3) is 0 Å². The molecule has 1 aliphatic rings. The highest BCUT2D eigenvalue weighted by Crippen LogP contribution is 2.47. The predicted molar refractivity (Wildman–Crippen MR) is 106 cm³/mol. The molecule has 1 fully saturated rings. The lowest BCUT2D eigenvalue weighted by Crippen LogP contribution is -2.06. The molecule has 4 aromatic rings. The average Bonchev–Trinajstić information content (AvgIpc) is 3.38. The molecule has 8 nitrogen and oxygen atoms in total. The molecule has 4 aromatic heterocycles. The van der Waals surface area contributed by atoms with Crippen LogP contribution in [0.5, 0.6) is 11.6 Å². The molecule has 8 heteroatoms. The van der Waals surface area contributed by atoms with Crippen LogP contribution >= 0.6 is 0 Å². The Bertz CT molecular complexity index is 1160. The number of aromatic nitrogens is 6. The van der Waals surface area contributed by atoms with Gasteiger partial charge in [-0.15, -0.1) is 0 Å². The lowest BCUT2D eigenvalue weighted by atomic mass is 10.1. The minimum Gasteiger partial charge on any atom is -0.495 e. The number of fused-ring (bicyclic) bond motifs is 1. The molecule has 146 valence electrons. The van der Waals surface area contributed by atoms with Crippen LogP contribution in [0.1, 0.15) is 23.9 Å². The van der Waals surface area contributed by atoms with Gasteiger partial charge in [0.05, 0.1) is 25.5 Å². The van der Waals surface area contributed by atoms with Gasteiger partial charge in [0.2, 0.25) is 5.88 Å². The molecule has 5 rings (SSSR count). The van der Waals surface area contributed by atoms with Crippen molar-refractivity contribution in [2.75, 3.05) is 13.7 Å². The van der Waals surface area contributed by atoms with Crippen LogP contribution < -0.4 is 9.47 Å². The van der Waals surface area contributed by atoms with Crippen LogP contribution in [0.3, 0.4) is 0 Å². The number of nitrogens with zero attached hydrogens (tertiary/aromatic N) is 6. The Morgan fingerprint density at radius 3 is 2.86 bits per heavy atom. The minimum absolute atomic E-state index is 0.416. The van der Waals surface area contributed by atoms with Gasteiger partial charge in [-0.25, -0.2) is 14.5 Å². The van der Waals surface area contributed by atoms with E-state index in [9.17, 15) is 0 Å². The summed E-state index contributed by atoms with van der Waals surface area (Å²) in [6.07, 6.45) is 8.06. The molecule has 0 radical (unpaired) electrons. The van der Waals surface area contributed by atoms with Gasteiger partial charge in [-0.3, -0.25) is 4.98 Å². The molecule has 0 unspecified atom stereocenters. The molecular weight excluding hydrogens is 368 g/mol. The number of rotatable bonds is 6. The summed E-state index contributed by atoms with van der Waals surface area (Å²) in [5.74, 6) is 2.88. The second kappa shape index (κ2) is 7.12. The van der Waals surface area contributed by atoms with Crippen LogP contribution in [-0.2, 0) is 0 Å². The number of aryl methyl sites for hydroxylation is 1. The van der Waals surface area contributed by atoms with Crippen molar-refractivity contribution >= 4 is 5.65 Å². The summed E-state index contributed by atoms with van der Waals surface area (Å²) in [7, 11) is 1.65. The standard InChI is InChI=1S/C21H20N6O2/c1-13-22-9-18(14-3-6-20-24-12-25-27(20)10-14)21(26-13)29-11-15-7-17(15)19-5-4-16(28-2)8-23-19/h3-6,8-10,12,15,17H,7,11H2,1-2H3/t15-,17+/m1/s1. The number of ether oxygens (including phenoxy) is 2. The van der Waals surface area contributed by atoms with Crippen molar-refractivity contribution in [3.63, 3.8) is 0 Å². The van der Waals surface area contributed by atoms with E-state index in [0.29, 0.717) is 30.1 Å². The molecule has 29 heavy (non-hydrogen) atoms. The van der Waals surface area contributed by atoms with Crippen molar-refractivity contribution in [2.45, 2.75) is 19.3 Å². The third kappa shape index (κ3) is 3.49. The van der Waals surface area contributed by atoms with Crippen molar-refractivity contribution in [3.05, 3.63) is 60.7 Å². The third-order valence-corrected chi connectivity index (χ3v) is 5.19. The van der Waals surface area contributed by atoms with E-state index in [2.05, 4.69) is 25.0 Å². The first kappa shape index (κ1) is 17.5. The highest BCUT2D eigenvalue weighted by molar-refractivity contribution is 5.68. The Labute approximate surface area is 167 Å². The largest absolute Gasteiger partial charge is 0.495 e. The van der Waals surface area contributed by atoms with E-state index in [1.807, 2.05) is 37.4 Å². The maximum atomic E-state index is 6.14. The van der Waals surface area contributed by atoms with E-state index < -0.39 is 0 Å². The van der Waals surface area contributed by atoms with Gasteiger partial charge >= 0.3 is 0 Å². The molecule has 4 heterocycles. The zero-order valence-electron chi connectivity index (χ0n) is 16.2. The first-order chi connectivity index (χ1) is 14.2. The maximum absolute atomic E-state index is 6.14. The van der Waals surface area contributed by atoms with Crippen LogP contribution in [0.4, 0.5) is 0 Å². The molecule has 0 bridgehead atoms. The summed E-state index contributed by atoms with van der Waals surface area (Å²) in [4.78, 5) is 17.6. The summed E-state index contributed by atoms with van der Waals surface area (Å²) in [6.45, 7) is 2.45. The highest BCUT2D eigenvalue weighted by Gasteiger charge is 2.40. The van der Waals surface area contributed by atoms with Gasteiger partial charge in [0.15, 0.2) is 5.65 Å². The molecule has 0 saturated heterocycles. The van der Waals surface area contributed by atoms with Crippen LogP contribution in [0.2, 0.25) is 0 Å². The van der Waals surface area contributed by atoms with Crippen molar-refractivity contribution < 1.29 is 9.47 Å². The SMILES string of the molecule is COc1ccc([C@H]2C[C@@H]2COc2nc(C)ncc2-c2ccc3ncnn3c2)nc1. The fourth-order valence-corrected chi connectivity index (χ4v) is 3.45. The summed E-state index contributed by atoms with van der Waals surface area (Å²) in [5, 5.41) is 4.20. The summed E-state index contributed by atoms with van der Waals surface area (Å²) < 4.78 is 13.0. The zero-order chi connectivity index (χ0) is 19.8. The van der Waals surface area contributed by atoms with Crippen LogP contribution in [0.25, 0.3) is 16.8 Å². The summed E-state index contributed by atoms with van der Waals surface area (Å²) in [5.41, 5.74) is 3.64. The molecule has 0 aromatic carbocycles. The summed E-state index contributed by atoms with van der Waals surface area (Å²) in [6, 6.07) is 7.87. The fraction of sp³-hybridized carbons (Fsp3) is 0.286. The number of hydrogen-bond acceptors (Lipinski definition) is 7. The smallest absolute Gasteiger partial charge is 0.224 e. The second-order valence-corrected chi connectivity index (χ2v) is 7.15. The Hall–Kier alpha value is -3.55. The summed E-state index contributed by atoms with van der Waals surface area (Å²) >= 11 is 0. The lowest BCUT2D eigenvalue weighted by Gasteiger charge is -2.11. The Morgan fingerprint density at radius 2 is 2.03 bits per heavy atom. The van der Waals surface area contributed by atoms with Gasteiger partial charge in [-0.2, -0.15) is 10.1 Å². The molecule has 0 spiro atoms. The van der Waals surface area contributed by atoms with E-state index in [-0.39, 0.29) is 0 Å². The Kier molecular flexibility index (Phi) is 4.31. The van der Waals surface area contributed by atoms with Gasteiger partial charge in [0.1, 0.15) is 17.9 Å². The first-order valence-corrected chi connectivity index (χ1v) is 9.47. The van der Waals surface area contributed by atoms with Crippen LogP contribution in [0, 0.1) is 12.8 Å². The topological polar surface area (TPSA) is 87.3 Å². The molecule has 1 saturated carbocycles. The van der Waals surface area contributed by atoms with Crippen molar-refractivity contribution in [1.82, 2.24) is 29.5 Å². The minimum atomic E-state index is 0.416. The number of pyridine rings is 2. The molecular formula is C21H20N6O2. The van der Waals surface area contributed by atoms with E-state index in [4.69, 9.17) is 9.47 Å². The van der Waals surface area contributed by atoms with Gasteiger partial charge in [0, 0.05) is 35.5 Å². The van der Waals surface area contributed by atoms with E-state index in [0.717, 1.165) is 34.6 Å². The van der Waals surface area contributed by atoms with E-state index >= 15 is 0 Å². The monoisotopic (exact) mass is 388 g/mol. The Balaban J connectivity index is 1.33. The molecule has 1 aliphatic carbocycles. The quantitative estimate of drug-likeness (QED) is 0.501. The molecule has 0 N–H and O–H groups in total. The highest BCUT2D eigenvalue weighted by atomic mass is 16.5. The van der Waals surface area contributed by atoms with Crippen LogP contribution in [-0.4, -0.2) is 43.3 Å². The number of hydrogen-bond donors (Lipinski definition) is 0. The first-order valence-electron chi connectivity index (χ1n) is 9.47. The average molecular weight is 388 g/mol. The molecule has 2 atom stereocenters. The lowest BCUT2D eigenvalue weighted by molar-refractivity contribution is 0.285. The fourth-order valence-electron chi connectivity index (χ4n) is 3.45. The van der Waals surface area contributed by atoms with Crippen LogP contribution in [0.15, 0.2) is 49.2 Å². The Morgan fingerprint density at radius 1 is 1.10 bits per heavy atom. The van der Waals surface area contributed by atoms with Crippen molar-refractivity contribution in [1.29, 1.82) is 0 Å². The zero-order valence-corrected chi connectivity index (χ0v) is 16.2. The van der Waals surface area contributed by atoms with Crippen molar-refractivity contribution in [2.24, 2.45) is 5.92 Å². The van der Waals surface area contributed by atoms with E-state index in [1.165, 1.54) is 6.33 Å². The third-order valence-electron chi connectivity index (χ3n) is 5.19. The molecule has 0 amide bonds. The van der Waals surface area contributed by atoms with E-state index in [1.54, 1.807) is 24.0 Å². The predicted octanol–water partition coefficient (Wildman–Crippen LogP) is 3.08.